The SMILES string of the molecule is CCNC(=NCc1cccc(OC)c1OC)NC1CCC(O)CC1.I. The van der Waals surface area contributed by atoms with Crippen LogP contribution in [0.25, 0.3) is 0 Å². The quantitative estimate of drug-likeness (QED) is 0.344. The maximum Gasteiger partial charge on any atom is 0.191 e. The smallest absolute Gasteiger partial charge is 0.191 e. The average molecular weight is 463 g/mol. The number of nitrogens with zero attached hydrogens (tertiary/aromatic N) is 1. The molecule has 3 N–H and O–H groups in total. The number of aliphatic hydroxyl groups is 1. The summed E-state index contributed by atoms with van der Waals surface area (Å²) in [6.07, 6.45) is 3.48. The molecule has 0 spiro atoms. The molecule has 0 aliphatic heterocycles. The van der Waals surface area contributed by atoms with Gasteiger partial charge < -0.3 is 25.2 Å². The Balaban J connectivity index is 0.00000312. The fourth-order valence-corrected chi connectivity index (χ4v) is 2.98. The summed E-state index contributed by atoms with van der Waals surface area (Å²) in [6.45, 7) is 3.36. The largest absolute Gasteiger partial charge is 0.493 e. The van der Waals surface area contributed by atoms with Crippen LogP contribution in [0.2, 0.25) is 0 Å². The van der Waals surface area contributed by atoms with Gasteiger partial charge in [-0.05, 0) is 38.7 Å². The van der Waals surface area contributed by atoms with E-state index in [0.29, 0.717) is 18.3 Å². The van der Waals surface area contributed by atoms with E-state index in [-0.39, 0.29) is 30.1 Å². The number of hydrogen-bond acceptors (Lipinski definition) is 4. The van der Waals surface area contributed by atoms with Crippen LogP contribution in [-0.2, 0) is 6.54 Å². The van der Waals surface area contributed by atoms with Gasteiger partial charge in [0, 0.05) is 18.2 Å². The topological polar surface area (TPSA) is 75.1 Å². The lowest BCUT2D eigenvalue weighted by molar-refractivity contribution is 0.120. The Bertz CT molecular complexity index is 546. The molecule has 1 aromatic rings. The summed E-state index contributed by atoms with van der Waals surface area (Å²) < 4.78 is 10.8. The van der Waals surface area contributed by atoms with Gasteiger partial charge in [-0.2, -0.15) is 0 Å². The minimum absolute atomic E-state index is 0. The number of hydrogen-bond donors (Lipinski definition) is 3. The maximum absolute atomic E-state index is 9.62. The molecule has 1 aliphatic rings. The second-order valence-corrected chi connectivity index (χ2v) is 6.00. The van der Waals surface area contributed by atoms with Crippen LogP contribution < -0.4 is 20.1 Å². The number of methoxy groups -OCH3 is 2. The van der Waals surface area contributed by atoms with E-state index in [4.69, 9.17) is 9.47 Å². The number of guanidine groups is 1. The Hall–Kier alpha value is -1.22. The van der Waals surface area contributed by atoms with Crippen molar-refractivity contribution in [3.05, 3.63) is 23.8 Å². The molecule has 0 amide bonds. The van der Waals surface area contributed by atoms with Crippen molar-refractivity contribution in [2.75, 3.05) is 20.8 Å². The lowest BCUT2D eigenvalue weighted by atomic mass is 9.93. The molecule has 2 rings (SSSR count). The van der Waals surface area contributed by atoms with Crippen molar-refractivity contribution in [3.8, 4) is 11.5 Å². The van der Waals surface area contributed by atoms with Gasteiger partial charge in [-0.1, -0.05) is 12.1 Å². The molecular weight excluding hydrogens is 433 g/mol. The Morgan fingerprint density at radius 1 is 1.20 bits per heavy atom. The van der Waals surface area contributed by atoms with Crippen LogP contribution in [0.4, 0.5) is 0 Å². The lowest BCUT2D eigenvalue weighted by Gasteiger charge is -2.27. The third-order valence-corrected chi connectivity index (χ3v) is 4.27. The molecule has 7 heteroatoms. The van der Waals surface area contributed by atoms with Crippen molar-refractivity contribution in [2.24, 2.45) is 4.99 Å². The van der Waals surface area contributed by atoms with Gasteiger partial charge in [-0.15, -0.1) is 24.0 Å². The van der Waals surface area contributed by atoms with Crippen LogP contribution in [0.3, 0.4) is 0 Å². The van der Waals surface area contributed by atoms with Crippen molar-refractivity contribution in [1.29, 1.82) is 0 Å². The first-order valence-corrected chi connectivity index (χ1v) is 8.60. The van der Waals surface area contributed by atoms with Gasteiger partial charge in [0.25, 0.3) is 0 Å². The molecule has 0 bridgehead atoms. The van der Waals surface area contributed by atoms with Crippen LogP contribution in [0.15, 0.2) is 23.2 Å². The Kier molecular flexibility index (Phi) is 9.96. The fraction of sp³-hybridized carbons (Fsp3) is 0.611. The minimum Gasteiger partial charge on any atom is -0.493 e. The van der Waals surface area contributed by atoms with Crippen molar-refractivity contribution in [3.63, 3.8) is 0 Å². The summed E-state index contributed by atoms with van der Waals surface area (Å²) in [5, 5.41) is 16.4. The van der Waals surface area contributed by atoms with E-state index in [1.54, 1.807) is 14.2 Å². The van der Waals surface area contributed by atoms with Gasteiger partial charge in [-0.3, -0.25) is 0 Å². The minimum atomic E-state index is -0.149. The number of halogens is 1. The van der Waals surface area contributed by atoms with E-state index >= 15 is 0 Å². The molecule has 1 saturated carbocycles. The zero-order chi connectivity index (χ0) is 17.4. The summed E-state index contributed by atoms with van der Waals surface area (Å²) in [5.74, 6) is 2.23. The summed E-state index contributed by atoms with van der Waals surface area (Å²) in [4.78, 5) is 4.68. The Morgan fingerprint density at radius 2 is 1.92 bits per heavy atom. The molecule has 0 unspecified atom stereocenters. The molecule has 1 fully saturated rings. The van der Waals surface area contributed by atoms with Gasteiger partial charge in [0.2, 0.25) is 0 Å². The molecule has 1 aliphatic carbocycles. The van der Waals surface area contributed by atoms with Crippen LogP contribution >= 0.6 is 24.0 Å². The number of aliphatic hydroxyl groups excluding tert-OH is 1. The number of para-hydroxylation sites is 1. The average Bonchev–Trinajstić information content (AvgIpc) is 2.61. The van der Waals surface area contributed by atoms with E-state index in [0.717, 1.165) is 49.5 Å². The summed E-state index contributed by atoms with van der Waals surface area (Å²) in [7, 11) is 3.27. The molecule has 1 aromatic carbocycles. The number of aliphatic imine (C=N–C) groups is 1. The molecule has 6 nitrogen and oxygen atoms in total. The molecular formula is C18H30IN3O3. The van der Waals surface area contributed by atoms with Gasteiger partial charge in [0.15, 0.2) is 17.5 Å². The van der Waals surface area contributed by atoms with Crippen LogP contribution in [-0.4, -0.2) is 44.0 Å². The molecule has 25 heavy (non-hydrogen) atoms. The lowest BCUT2D eigenvalue weighted by Crippen LogP contribution is -2.45. The molecule has 0 aromatic heterocycles. The van der Waals surface area contributed by atoms with Gasteiger partial charge in [-0.25, -0.2) is 4.99 Å². The highest BCUT2D eigenvalue weighted by atomic mass is 127. The van der Waals surface area contributed by atoms with Crippen molar-refractivity contribution >= 4 is 29.9 Å². The second-order valence-electron chi connectivity index (χ2n) is 6.00. The van der Waals surface area contributed by atoms with Crippen LogP contribution in [0.1, 0.15) is 38.2 Å². The van der Waals surface area contributed by atoms with Gasteiger partial charge in [0.1, 0.15) is 0 Å². The standard InChI is InChI=1S/C18H29N3O3.HI/c1-4-19-18(21-14-8-10-15(22)11-9-14)20-12-13-6-5-7-16(23-2)17(13)24-3;/h5-7,14-15,22H,4,8-12H2,1-3H3,(H2,19,20,21);1H. The number of nitrogens with one attached hydrogen (secondary N) is 2. The maximum atomic E-state index is 9.62. The molecule has 142 valence electrons. The first kappa shape index (κ1) is 21.8. The third kappa shape index (κ3) is 6.54. The summed E-state index contributed by atoms with van der Waals surface area (Å²) in [6, 6.07) is 6.17. The predicted octanol–water partition coefficient (Wildman–Crippen LogP) is 2.68. The summed E-state index contributed by atoms with van der Waals surface area (Å²) >= 11 is 0. The molecule has 0 radical (unpaired) electrons. The van der Waals surface area contributed by atoms with Gasteiger partial charge >= 0.3 is 0 Å². The first-order chi connectivity index (χ1) is 11.7. The second kappa shape index (κ2) is 11.4. The fourth-order valence-electron chi connectivity index (χ4n) is 2.98. The molecule has 0 saturated heterocycles. The Morgan fingerprint density at radius 3 is 2.52 bits per heavy atom. The zero-order valence-corrected chi connectivity index (χ0v) is 17.6. The van der Waals surface area contributed by atoms with Crippen molar-refractivity contribution < 1.29 is 14.6 Å². The predicted molar refractivity (Wildman–Crippen MR) is 111 cm³/mol. The van der Waals surface area contributed by atoms with E-state index in [1.165, 1.54) is 0 Å². The number of rotatable bonds is 6. The molecule has 0 atom stereocenters. The van der Waals surface area contributed by atoms with Crippen LogP contribution in [0.5, 0.6) is 11.5 Å². The highest BCUT2D eigenvalue weighted by Gasteiger charge is 2.20. The highest BCUT2D eigenvalue weighted by molar-refractivity contribution is 14.0. The third-order valence-electron chi connectivity index (χ3n) is 4.27. The van der Waals surface area contributed by atoms with Crippen LogP contribution in [0, 0.1) is 0 Å². The highest BCUT2D eigenvalue weighted by Crippen LogP contribution is 2.31. The van der Waals surface area contributed by atoms with Crippen molar-refractivity contribution in [1.82, 2.24) is 10.6 Å². The Labute approximate surface area is 167 Å². The number of ether oxygens (including phenoxy) is 2. The first-order valence-electron chi connectivity index (χ1n) is 8.60. The van der Waals surface area contributed by atoms with E-state index in [2.05, 4.69) is 15.6 Å². The van der Waals surface area contributed by atoms with E-state index < -0.39 is 0 Å². The summed E-state index contributed by atoms with van der Waals surface area (Å²) in [5.41, 5.74) is 0.980. The molecule has 0 heterocycles. The zero-order valence-electron chi connectivity index (χ0n) is 15.2. The number of benzene rings is 1. The van der Waals surface area contributed by atoms with Crippen molar-refractivity contribution in [2.45, 2.75) is 51.3 Å². The monoisotopic (exact) mass is 463 g/mol. The van der Waals surface area contributed by atoms with E-state index in [1.807, 2.05) is 25.1 Å². The normalized spacial score (nSPS) is 20.4. The van der Waals surface area contributed by atoms with Gasteiger partial charge in [0.05, 0.1) is 26.9 Å². The van der Waals surface area contributed by atoms with E-state index in [9.17, 15) is 5.11 Å².